The van der Waals surface area contributed by atoms with Gasteiger partial charge in [0, 0.05) is 5.56 Å². The maximum atomic E-state index is 12.2. The molecule has 0 saturated heterocycles. The molecule has 0 saturated carbocycles. The lowest BCUT2D eigenvalue weighted by molar-refractivity contribution is -0.129. The van der Waals surface area contributed by atoms with Crippen molar-refractivity contribution in [2.24, 2.45) is 4.99 Å². The van der Waals surface area contributed by atoms with Crippen molar-refractivity contribution in [1.29, 1.82) is 0 Å². The van der Waals surface area contributed by atoms with E-state index < -0.39 is 5.97 Å². The van der Waals surface area contributed by atoms with E-state index in [4.69, 9.17) is 18.9 Å². The molecule has 0 atom stereocenters. The summed E-state index contributed by atoms with van der Waals surface area (Å²) in [5, 5.41) is 0. The Morgan fingerprint density at radius 2 is 1.61 bits per heavy atom. The van der Waals surface area contributed by atoms with Gasteiger partial charge in [0.25, 0.3) is 0 Å². The molecule has 31 heavy (non-hydrogen) atoms. The molecule has 0 spiro atoms. The molecule has 1 aliphatic rings. The van der Waals surface area contributed by atoms with Crippen LogP contribution >= 0.6 is 0 Å². The van der Waals surface area contributed by atoms with Crippen LogP contribution in [0.1, 0.15) is 11.1 Å². The number of ether oxygens (including phenoxy) is 4. The van der Waals surface area contributed by atoms with Crippen molar-refractivity contribution in [2.75, 3.05) is 20.3 Å². The Labute approximate surface area is 180 Å². The van der Waals surface area contributed by atoms with Crippen molar-refractivity contribution in [2.45, 2.75) is 0 Å². The van der Waals surface area contributed by atoms with Crippen molar-refractivity contribution in [1.82, 2.24) is 0 Å². The van der Waals surface area contributed by atoms with Gasteiger partial charge in [0.1, 0.15) is 19.0 Å². The fourth-order valence-electron chi connectivity index (χ4n) is 3.01. The summed E-state index contributed by atoms with van der Waals surface area (Å²) < 4.78 is 22.0. The molecule has 1 aliphatic heterocycles. The van der Waals surface area contributed by atoms with Crippen LogP contribution < -0.4 is 14.2 Å². The summed E-state index contributed by atoms with van der Waals surface area (Å²) in [5.74, 6) is 1.83. The summed E-state index contributed by atoms with van der Waals surface area (Å²) in [6.07, 6.45) is 1.68. The van der Waals surface area contributed by atoms with E-state index in [0.717, 1.165) is 11.1 Å². The van der Waals surface area contributed by atoms with Crippen LogP contribution in [0.3, 0.4) is 0 Å². The Morgan fingerprint density at radius 3 is 2.42 bits per heavy atom. The van der Waals surface area contributed by atoms with Gasteiger partial charge < -0.3 is 18.9 Å². The van der Waals surface area contributed by atoms with Gasteiger partial charge in [-0.2, -0.15) is 0 Å². The number of carbonyl (C=O) groups is 1. The third-order valence-corrected chi connectivity index (χ3v) is 4.48. The van der Waals surface area contributed by atoms with Crippen molar-refractivity contribution in [3.05, 3.63) is 95.7 Å². The van der Waals surface area contributed by atoms with E-state index in [2.05, 4.69) is 4.99 Å². The van der Waals surface area contributed by atoms with Gasteiger partial charge >= 0.3 is 5.97 Å². The molecular formula is C25H21NO5. The number of benzene rings is 3. The largest absolute Gasteiger partial charge is 0.493 e. The standard InChI is InChI=1S/C25H21NO5/c1-28-22-12-5-6-13-23(22)30-15-14-29-20-11-7-8-18(16-20)17-21-25(27)31-24(26-21)19-9-3-2-4-10-19/h2-13,16-17H,14-15H2,1H3/b21-17+. The molecule has 4 rings (SSSR count). The zero-order valence-corrected chi connectivity index (χ0v) is 17.0. The molecule has 156 valence electrons. The SMILES string of the molecule is COc1ccccc1OCCOc1cccc(/C=C2/N=C(c3ccccc3)OC2=O)c1. The Balaban J connectivity index is 1.38. The van der Waals surface area contributed by atoms with Gasteiger partial charge in [0.2, 0.25) is 5.90 Å². The second-order valence-corrected chi connectivity index (χ2v) is 6.62. The minimum atomic E-state index is -0.476. The van der Waals surface area contributed by atoms with Crippen LogP contribution in [0, 0.1) is 0 Å². The van der Waals surface area contributed by atoms with Gasteiger partial charge in [-0.3, -0.25) is 0 Å². The van der Waals surface area contributed by atoms with Crippen molar-refractivity contribution in [3.63, 3.8) is 0 Å². The molecule has 0 radical (unpaired) electrons. The number of aliphatic imine (C=N–C) groups is 1. The first-order chi connectivity index (χ1) is 15.2. The van der Waals surface area contributed by atoms with Gasteiger partial charge in [-0.05, 0) is 48.0 Å². The van der Waals surface area contributed by atoms with Crippen LogP contribution in [0.2, 0.25) is 0 Å². The van der Waals surface area contributed by atoms with Gasteiger partial charge in [0.15, 0.2) is 17.2 Å². The van der Waals surface area contributed by atoms with Crippen LogP contribution in [0.25, 0.3) is 6.08 Å². The number of para-hydroxylation sites is 2. The lowest BCUT2D eigenvalue weighted by Crippen LogP contribution is -2.09. The number of methoxy groups -OCH3 is 1. The van der Waals surface area contributed by atoms with E-state index in [1.807, 2.05) is 78.9 Å². The smallest absolute Gasteiger partial charge is 0.363 e. The summed E-state index contributed by atoms with van der Waals surface area (Å²) in [6.45, 7) is 0.721. The number of carbonyl (C=O) groups excluding carboxylic acids is 1. The Kier molecular flexibility index (Phi) is 6.28. The molecular weight excluding hydrogens is 394 g/mol. The second-order valence-electron chi connectivity index (χ2n) is 6.62. The predicted molar refractivity (Wildman–Crippen MR) is 117 cm³/mol. The van der Waals surface area contributed by atoms with Gasteiger partial charge in [-0.25, -0.2) is 9.79 Å². The maximum absolute atomic E-state index is 12.2. The molecule has 1 heterocycles. The van der Waals surface area contributed by atoms with Crippen molar-refractivity contribution >= 4 is 17.9 Å². The predicted octanol–water partition coefficient (Wildman–Crippen LogP) is 4.50. The summed E-state index contributed by atoms with van der Waals surface area (Å²) in [6, 6.07) is 24.2. The van der Waals surface area contributed by atoms with E-state index in [1.54, 1.807) is 13.2 Å². The lowest BCUT2D eigenvalue weighted by Gasteiger charge is -2.11. The van der Waals surface area contributed by atoms with E-state index in [9.17, 15) is 4.79 Å². The summed E-state index contributed by atoms with van der Waals surface area (Å²) in [5.41, 5.74) is 1.79. The normalized spacial score (nSPS) is 14.2. The number of rotatable bonds is 8. The Bertz CT molecular complexity index is 1120. The maximum Gasteiger partial charge on any atom is 0.363 e. The molecule has 3 aromatic rings. The van der Waals surface area contributed by atoms with E-state index in [0.29, 0.717) is 36.4 Å². The highest BCUT2D eigenvalue weighted by Crippen LogP contribution is 2.26. The number of cyclic esters (lactones) is 1. The number of hydrogen-bond donors (Lipinski definition) is 0. The highest BCUT2D eigenvalue weighted by Gasteiger charge is 2.23. The van der Waals surface area contributed by atoms with Gasteiger partial charge in [-0.1, -0.05) is 42.5 Å². The van der Waals surface area contributed by atoms with Crippen molar-refractivity contribution < 1.29 is 23.7 Å². The molecule has 0 amide bonds. The van der Waals surface area contributed by atoms with Crippen LogP contribution in [-0.2, 0) is 9.53 Å². The molecule has 0 bridgehead atoms. The third kappa shape index (κ3) is 5.11. The minimum absolute atomic E-state index is 0.246. The average molecular weight is 415 g/mol. The van der Waals surface area contributed by atoms with Crippen molar-refractivity contribution in [3.8, 4) is 17.2 Å². The van der Waals surface area contributed by atoms with E-state index >= 15 is 0 Å². The molecule has 6 nitrogen and oxygen atoms in total. The monoisotopic (exact) mass is 415 g/mol. The van der Waals surface area contributed by atoms with Crippen LogP contribution in [0.5, 0.6) is 17.2 Å². The summed E-state index contributed by atoms with van der Waals surface area (Å²) in [7, 11) is 1.60. The molecule has 0 fully saturated rings. The summed E-state index contributed by atoms with van der Waals surface area (Å²) >= 11 is 0. The third-order valence-electron chi connectivity index (χ3n) is 4.48. The number of nitrogens with zero attached hydrogens (tertiary/aromatic N) is 1. The highest BCUT2D eigenvalue weighted by molar-refractivity contribution is 6.12. The number of hydrogen-bond acceptors (Lipinski definition) is 6. The minimum Gasteiger partial charge on any atom is -0.493 e. The molecule has 0 aromatic heterocycles. The first kappa shape index (κ1) is 20.2. The Hall–Kier alpha value is -4.06. The highest BCUT2D eigenvalue weighted by atomic mass is 16.6. The van der Waals surface area contributed by atoms with Crippen LogP contribution in [-0.4, -0.2) is 32.2 Å². The first-order valence-corrected chi connectivity index (χ1v) is 9.79. The zero-order valence-electron chi connectivity index (χ0n) is 17.0. The van der Waals surface area contributed by atoms with Gasteiger partial charge in [0.05, 0.1) is 7.11 Å². The fraction of sp³-hybridized carbons (Fsp3) is 0.120. The molecule has 6 heteroatoms. The lowest BCUT2D eigenvalue weighted by atomic mass is 10.2. The molecule has 0 N–H and O–H groups in total. The molecule has 3 aromatic carbocycles. The topological polar surface area (TPSA) is 66.3 Å². The first-order valence-electron chi connectivity index (χ1n) is 9.79. The zero-order chi connectivity index (χ0) is 21.5. The number of esters is 1. The molecule has 0 unspecified atom stereocenters. The van der Waals surface area contributed by atoms with Gasteiger partial charge in [-0.15, -0.1) is 0 Å². The molecule has 0 aliphatic carbocycles. The van der Waals surface area contributed by atoms with Crippen LogP contribution in [0.4, 0.5) is 0 Å². The second kappa shape index (κ2) is 9.63. The fourth-order valence-corrected chi connectivity index (χ4v) is 3.01. The van der Waals surface area contributed by atoms with E-state index in [1.165, 1.54) is 0 Å². The summed E-state index contributed by atoms with van der Waals surface area (Å²) in [4.78, 5) is 16.5. The Morgan fingerprint density at radius 1 is 0.871 bits per heavy atom. The quantitative estimate of drug-likeness (QED) is 0.308. The van der Waals surface area contributed by atoms with E-state index in [-0.39, 0.29) is 5.70 Å². The average Bonchev–Trinajstić information content (AvgIpc) is 3.18. The van der Waals surface area contributed by atoms with Crippen LogP contribution in [0.15, 0.2) is 89.6 Å².